The fraction of sp³-hybridized carbons (Fsp3) is 0.444. The molecule has 1 fully saturated rings. The number of benzene rings is 2. The maximum atomic E-state index is 12.9. The highest BCUT2D eigenvalue weighted by Crippen LogP contribution is 2.25. The molecule has 3 aromatic rings. The lowest BCUT2D eigenvalue weighted by atomic mass is 10.0. The Balaban J connectivity index is 0.000000559. The number of carbonyl (C=O) groups is 3. The van der Waals surface area contributed by atoms with Gasteiger partial charge in [-0.05, 0) is 29.7 Å². The van der Waals surface area contributed by atoms with Crippen molar-refractivity contribution in [2.24, 2.45) is 5.92 Å². The van der Waals surface area contributed by atoms with E-state index in [2.05, 4.69) is 46.8 Å². The van der Waals surface area contributed by atoms with Crippen LogP contribution in [-0.2, 0) is 14.4 Å². The standard InChI is InChI=1S/C25H31N5O3.C2HF3O2/c1-30-14-13-20(16-30)25(33)26-21(9-3-2-4-10-22(31)32)24-27-23(28-29-24)19-12-11-17-7-5-6-8-18(17)15-19;3-2(4,5)1(6)7/h5-8,11-12,15,20-21H,2-4,9-10,13-14,16H2,1H3,(H,26,33)(H,31,32)(H,27,28,29);(H,6,7)/t20-,21-;/m0./s1. The second kappa shape index (κ2) is 13.9. The molecule has 13 heteroatoms. The Morgan fingerprint density at radius 3 is 2.48 bits per heavy atom. The van der Waals surface area contributed by atoms with Gasteiger partial charge in [0.2, 0.25) is 5.91 Å². The van der Waals surface area contributed by atoms with Gasteiger partial charge in [-0.25, -0.2) is 4.98 Å². The van der Waals surface area contributed by atoms with E-state index in [0.717, 1.165) is 48.7 Å². The molecular formula is C27H32F3N5O5. The minimum Gasteiger partial charge on any atom is -0.542 e. The zero-order valence-electron chi connectivity index (χ0n) is 22.0. The zero-order valence-corrected chi connectivity index (χ0v) is 22.0. The summed E-state index contributed by atoms with van der Waals surface area (Å²) in [5.74, 6) is -2.46. The molecule has 10 nitrogen and oxygen atoms in total. The number of aromatic nitrogens is 3. The monoisotopic (exact) mass is 563 g/mol. The zero-order chi connectivity index (χ0) is 29.3. The highest BCUT2D eigenvalue weighted by Gasteiger charge is 2.31. The number of nitrogens with one attached hydrogen (secondary N) is 3. The summed E-state index contributed by atoms with van der Waals surface area (Å²) in [6.45, 7) is 1.85. The molecule has 40 heavy (non-hydrogen) atoms. The molecule has 0 bridgehead atoms. The molecule has 1 saturated heterocycles. The lowest BCUT2D eigenvalue weighted by Crippen LogP contribution is -3.07. The van der Waals surface area contributed by atoms with E-state index >= 15 is 0 Å². The van der Waals surface area contributed by atoms with Crippen molar-refractivity contribution in [2.45, 2.75) is 50.7 Å². The van der Waals surface area contributed by atoms with Gasteiger partial charge in [0.25, 0.3) is 0 Å². The van der Waals surface area contributed by atoms with Crippen molar-refractivity contribution in [1.82, 2.24) is 20.5 Å². The van der Waals surface area contributed by atoms with Crippen LogP contribution in [0.15, 0.2) is 42.5 Å². The molecule has 2 aromatic carbocycles. The Bertz CT molecular complexity index is 1310. The predicted octanol–water partition coefficient (Wildman–Crippen LogP) is 1.65. The maximum Gasteiger partial charge on any atom is 0.430 e. The van der Waals surface area contributed by atoms with Crippen LogP contribution in [0.25, 0.3) is 22.2 Å². The number of hydrogen-bond donors (Lipinski definition) is 4. The van der Waals surface area contributed by atoms with Crippen molar-refractivity contribution in [3.8, 4) is 11.4 Å². The minimum absolute atomic E-state index is 0.0161. The fourth-order valence-corrected chi connectivity index (χ4v) is 4.53. The summed E-state index contributed by atoms with van der Waals surface area (Å²) < 4.78 is 31.5. The van der Waals surface area contributed by atoms with Crippen LogP contribution in [0.4, 0.5) is 13.2 Å². The van der Waals surface area contributed by atoms with Crippen molar-refractivity contribution in [3.63, 3.8) is 0 Å². The average molecular weight is 564 g/mol. The molecule has 1 aliphatic heterocycles. The van der Waals surface area contributed by atoms with Crippen LogP contribution >= 0.6 is 0 Å². The topological polar surface area (TPSA) is 153 Å². The van der Waals surface area contributed by atoms with Gasteiger partial charge in [0, 0.05) is 18.4 Å². The van der Waals surface area contributed by atoms with E-state index in [1.54, 1.807) is 0 Å². The van der Waals surface area contributed by atoms with Gasteiger partial charge in [-0.3, -0.25) is 14.7 Å². The Hall–Kier alpha value is -4.00. The van der Waals surface area contributed by atoms with Crippen molar-refractivity contribution in [3.05, 3.63) is 48.3 Å². The molecule has 216 valence electrons. The summed E-state index contributed by atoms with van der Waals surface area (Å²) >= 11 is 0. The van der Waals surface area contributed by atoms with Gasteiger partial charge >= 0.3 is 12.1 Å². The number of aliphatic carboxylic acids is 2. The van der Waals surface area contributed by atoms with E-state index in [9.17, 15) is 22.8 Å². The number of carboxylic acid groups (broad SMARTS) is 2. The molecule has 0 spiro atoms. The number of unbranched alkanes of at least 4 members (excludes halogenated alkanes) is 2. The highest BCUT2D eigenvalue weighted by atomic mass is 19.4. The SMILES string of the molecule is C[NH+]1CC[C@H](C(=O)N[C@@H](CCCCCC(=O)O)c2nc(-c3ccc4ccccc4c3)n[nH]2)C1.O=C([O-])C(F)(F)F. The van der Waals surface area contributed by atoms with Crippen molar-refractivity contribution in [1.29, 1.82) is 0 Å². The Morgan fingerprint density at radius 2 is 1.85 bits per heavy atom. The van der Waals surface area contributed by atoms with Gasteiger partial charge in [0.15, 0.2) is 5.82 Å². The highest BCUT2D eigenvalue weighted by molar-refractivity contribution is 5.86. The first kappa shape index (κ1) is 30.5. The van der Waals surface area contributed by atoms with E-state index in [0.29, 0.717) is 24.5 Å². The number of hydrogen-bond acceptors (Lipinski definition) is 6. The van der Waals surface area contributed by atoms with Gasteiger partial charge in [-0.15, -0.1) is 0 Å². The second-order valence-corrected chi connectivity index (χ2v) is 9.84. The lowest BCUT2D eigenvalue weighted by molar-refractivity contribution is -0.867. The van der Waals surface area contributed by atoms with Gasteiger partial charge < -0.3 is 25.2 Å². The molecular weight excluding hydrogens is 531 g/mol. The largest absolute Gasteiger partial charge is 0.542 e. The molecule has 0 saturated carbocycles. The van der Waals surface area contributed by atoms with Crippen LogP contribution in [0.5, 0.6) is 0 Å². The lowest BCUT2D eigenvalue weighted by Gasteiger charge is -2.18. The number of likely N-dealkylation sites (tertiary alicyclic amines) is 1. The third-order valence-electron chi connectivity index (χ3n) is 6.66. The van der Waals surface area contributed by atoms with E-state index in [1.807, 2.05) is 18.2 Å². The number of fused-ring (bicyclic) bond motifs is 1. The quantitative estimate of drug-likeness (QED) is 0.274. The van der Waals surface area contributed by atoms with E-state index in [1.165, 1.54) is 4.90 Å². The third-order valence-corrected chi connectivity index (χ3v) is 6.66. The molecule has 1 unspecified atom stereocenters. The van der Waals surface area contributed by atoms with Crippen molar-refractivity contribution >= 4 is 28.6 Å². The van der Waals surface area contributed by atoms with Gasteiger partial charge in [-0.2, -0.15) is 18.3 Å². The molecule has 1 aliphatic rings. The molecule has 0 radical (unpaired) electrons. The van der Waals surface area contributed by atoms with E-state index in [4.69, 9.17) is 20.0 Å². The number of halogens is 3. The summed E-state index contributed by atoms with van der Waals surface area (Å²) in [6.07, 6.45) is -1.22. The normalized spacial score (nSPS) is 17.6. The molecule has 0 aliphatic carbocycles. The number of alkyl halides is 3. The fourth-order valence-electron chi connectivity index (χ4n) is 4.53. The summed E-state index contributed by atoms with van der Waals surface area (Å²) in [4.78, 5) is 38.6. The van der Waals surface area contributed by atoms with Gasteiger partial charge in [0.05, 0.1) is 32.1 Å². The van der Waals surface area contributed by atoms with Crippen molar-refractivity contribution in [2.75, 3.05) is 20.1 Å². The number of aromatic amines is 1. The number of quaternary nitrogens is 1. The molecule has 1 amide bonds. The summed E-state index contributed by atoms with van der Waals surface area (Å²) in [7, 11) is 2.11. The Labute approximate surface area is 228 Å². The molecule has 4 rings (SSSR count). The van der Waals surface area contributed by atoms with Crippen molar-refractivity contribution < 1.29 is 42.7 Å². The predicted molar refractivity (Wildman–Crippen MR) is 137 cm³/mol. The van der Waals surface area contributed by atoms with E-state index < -0.39 is 18.1 Å². The molecule has 2 heterocycles. The number of nitrogens with zero attached hydrogens (tertiary/aromatic N) is 2. The van der Waals surface area contributed by atoms with Gasteiger partial charge in [-0.1, -0.05) is 49.2 Å². The maximum absolute atomic E-state index is 12.9. The first-order valence-corrected chi connectivity index (χ1v) is 13.0. The number of carboxylic acids is 2. The summed E-state index contributed by atoms with van der Waals surface area (Å²) in [6, 6.07) is 14.0. The van der Waals surface area contributed by atoms with Crippen LogP contribution in [0, 0.1) is 5.92 Å². The number of amides is 1. The second-order valence-electron chi connectivity index (χ2n) is 9.84. The van der Waals surface area contributed by atoms with Crippen LogP contribution in [-0.4, -0.2) is 64.4 Å². The number of carbonyl (C=O) groups excluding carboxylic acids is 2. The van der Waals surface area contributed by atoms with Crippen LogP contribution in [0.2, 0.25) is 0 Å². The molecule has 3 atom stereocenters. The molecule has 1 aromatic heterocycles. The first-order chi connectivity index (χ1) is 18.9. The Kier molecular flexibility index (Phi) is 10.6. The van der Waals surface area contributed by atoms with Crippen LogP contribution in [0.3, 0.4) is 0 Å². The number of rotatable bonds is 10. The van der Waals surface area contributed by atoms with Crippen LogP contribution in [0.1, 0.15) is 50.4 Å². The third kappa shape index (κ3) is 9.04. The number of H-pyrrole nitrogens is 1. The summed E-state index contributed by atoms with van der Waals surface area (Å²) in [5, 5.41) is 30.6. The van der Waals surface area contributed by atoms with E-state index in [-0.39, 0.29) is 24.3 Å². The average Bonchev–Trinajstić information content (AvgIpc) is 3.57. The van der Waals surface area contributed by atoms with Gasteiger partial charge in [0.1, 0.15) is 11.8 Å². The summed E-state index contributed by atoms with van der Waals surface area (Å²) in [5.41, 5.74) is 0.920. The molecule has 4 N–H and O–H groups in total. The van der Waals surface area contributed by atoms with Crippen LogP contribution < -0.4 is 15.3 Å². The first-order valence-electron chi connectivity index (χ1n) is 13.0. The Morgan fingerprint density at radius 1 is 1.15 bits per heavy atom. The smallest absolute Gasteiger partial charge is 0.430 e. The minimum atomic E-state index is -5.19.